The summed E-state index contributed by atoms with van der Waals surface area (Å²) >= 11 is 0. The van der Waals surface area contributed by atoms with Gasteiger partial charge >= 0.3 is 0 Å². The minimum absolute atomic E-state index is 0.643. The summed E-state index contributed by atoms with van der Waals surface area (Å²) in [5.74, 6) is 0.760. The van der Waals surface area contributed by atoms with Crippen molar-refractivity contribution >= 4 is 5.69 Å². The molecule has 0 aromatic heterocycles. The zero-order valence-corrected chi connectivity index (χ0v) is 7.51. The Kier molecular flexibility index (Phi) is 3.22. The molecule has 1 aromatic carbocycles. The molecule has 0 aliphatic carbocycles. The van der Waals surface area contributed by atoms with E-state index in [9.17, 15) is 0 Å². The van der Waals surface area contributed by atoms with E-state index >= 15 is 0 Å². The summed E-state index contributed by atoms with van der Waals surface area (Å²) in [5.41, 5.74) is 0.654. The Hall–Kier alpha value is -1.62. The van der Waals surface area contributed by atoms with Gasteiger partial charge in [-0.15, -0.1) is 5.11 Å². The van der Waals surface area contributed by atoms with Gasteiger partial charge < -0.3 is 4.74 Å². The quantitative estimate of drug-likeness (QED) is 0.573. The Bertz CT molecular complexity index is 282. The maximum atomic E-state index is 8.66. The third kappa shape index (κ3) is 3.08. The first-order valence-electron chi connectivity index (χ1n) is 3.70. The fourth-order valence-electron chi connectivity index (χ4n) is 0.765. The fourth-order valence-corrected chi connectivity index (χ4v) is 0.765. The molecule has 0 saturated carbocycles. The molecule has 0 aliphatic rings. The Morgan fingerprint density at radius 1 is 1.31 bits per heavy atom. The summed E-state index contributed by atoms with van der Waals surface area (Å²) in [4.78, 5) is 0. The minimum atomic E-state index is 0.643. The van der Waals surface area contributed by atoms with Crippen LogP contribution in [0.4, 0.5) is 5.69 Å². The smallest absolute Gasteiger partial charge is 0.119 e. The molecular formula is C8H11N3O2. The van der Waals surface area contributed by atoms with Crippen molar-refractivity contribution in [2.24, 2.45) is 10.3 Å². The second-order valence-corrected chi connectivity index (χ2v) is 2.38. The van der Waals surface area contributed by atoms with Crippen molar-refractivity contribution in [3.63, 3.8) is 0 Å². The number of hydroxylamine groups is 1. The van der Waals surface area contributed by atoms with Crippen molar-refractivity contribution in [3.8, 4) is 5.75 Å². The highest BCUT2D eigenvalue weighted by Gasteiger charge is 1.91. The van der Waals surface area contributed by atoms with E-state index in [0.29, 0.717) is 10.9 Å². The molecule has 5 nitrogen and oxygen atoms in total. The van der Waals surface area contributed by atoms with Crippen LogP contribution in [0.15, 0.2) is 34.6 Å². The van der Waals surface area contributed by atoms with Crippen LogP contribution in [0.2, 0.25) is 0 Å². The van der Waals surface area contributed by atoms with Crippen molar-refractivity contribution < 1.29 is 9.94 Å². The first-order valence-corrected chi connectivity index (χ1v) is 3.70. The van der Waals surface area contributed by atoms with E-state index in [4.69, 9.17) is 9.94 Å². The van der Waals surface area contributed by atoms with Gasteiger partial charge in [-0.3, -0.25) is 5.21 Å². The largest absolute Gasteiger partial charge is 0.497 e. The first kappa shape index (κ1) is 9.47. The number of nitrogens with zero attached hydrogens (tertiary/aromatic N) is 3. The molecule has 0 spiro atoms. The molecule has 0 saturated heterocycles. The molecule has 1 rings (SSSR count). The lowest BCUT2D eigenvalue weighted by Crippen LogP contribution is -2.00. The van der Waals surface area contributed by atoms with Crippen LogP contribution in [0, 0.1) is 0 Å². The van der Waals surface area contributed by atoms with E-state index in [1.165, 1.54) is 7.05 Å². The van der Waals surface area contributed by atoms with E-state index < -0.39 is 0 Å². The maximum absolute atomic E-state index is 8.66. The number of rotatable bonds is 3. The molecule has 0 aliphatic heterocycles. The molecule has 0 atom stereocenters. The topological polar surface area (TPSA) is 57.4 Å². The van der Waals surface area contributed by atoms with E-state index in [0.717, 1.165) is 5.75 Å². The van der Waals surface area contributed by atoms with Crippen molar-refractivity contribution in [3.05, 3.63) is 24.3 Å². The van der Waals surface area contributed by atoms with Gasteiger partial charge in [-0.05, 0) is 29.5 Å². The van der Waals surface area contributed by atoms with Gasteiger partial charge in [0.1, 0.15) is 5.75 Å². The summed E-state index contributed by atoms with van der Waals surface area (Å²) in [6.45, 7) is 0. The Balaban J connectivity index is 2.69. The van der Waals surface area contributed by atoms with Gasteiger partial charge in [-0.2, -0.15) is 5.17 Å². The third-order valence-electron chi connectivity index (χ3n) is 1.36. The standard InChI is InChI=1S/C8H11N3O2/c1-11(12)10-9-7-3-5-8(13-2)6-4-7/h3-6,12H,1-2H3/b10-9-. The van der Waals surface area contributed by atoms with Crippen molar-refractivity contribution in [1.82, 2.24) is 5.17 Å². The summed E-state index contributed by atoms with van der Waals surface area (Å²) < 4.78 is 4.96. The van der Waals surface area contributed by atoms with E-state index in [1.807, 2.05) is 0 Å². The molecule has 1 N–H and O–H groups in total. The number of hydrogen-bond donors (Lipinski definition) is 1. The van der Waals surface area contributed by atoms with Crippen LogP contribution in [0.5, 0.6) is 5.75 Å². The Morgan fingerprint density at radius 3 is 2.38 bits per heavy atom. The lowest BCUT2D eigenvalue weighted by molar-refractivity contribution is -0.0707. The highest BCUT2D eigenvalue weighted by atomic mass is 16.5. The molecule has 70 valence electrons. The minimum Gasteiger partial charge on any atom is -0.497 e. The van der Waals surface area contributed by atoms with Crippen LogP contribution in [0.3, 0.4) is 0 Å². The monoisotopic (exact) mass is 181 g/mol. The molecular weight excluding hydrogens is 170 g/mol. The Labute approximate surface area is 76.2 Å². The van der Waals surface area contributed by atoms with Gasteiger partial charge in [0.2, 0.25) is 0 Å². The van der Waals surface area contributed by atoms with Crippen molar-refractivity contribution in [2.45, 2.75) is 0 Å². The number of ether oxygens (including phenoxy) is 1. The molecule has 0 amide bonds. The first-order chi connectivity index (χ1) is 6.22. The van der Waals surface area contributed by atoms with Crippen LogP contribution in [-0.2, 0) is 0 Å². The second kappa shape index (κ2) is 4.42. The molecule has 1 aromatic rings. The molecule has 0 bridgehead atoms. The Morgan fingerprint density at radius 2 is 1.92 bits per heavy atom. The van der Waals surface area contributed by atoms with Crippen LogP contribution in [0.1, 0.15) is 0 Å². The fraction of sp³-hybridized carbons (Fsp3) is 0.250. The normalized spacial score (nSPS) is 10.4. The summed E-state index contributed by atoms with van der Waals surface area (Å²) in [6.07, 6.45) is 0. The van der Waals surface area contributed by atoms with E-state index in [1.54, 1.807) is 31.4 Å². The molecule has 0 fully saturated rings. The van der Waals surface area contributed by atoms with Gasteiger partial charge in [-0.25, -0.2) is 0 Å². The van der Waals surface area contributed by atoms with Crippen LogP contribution < -0.4 is 4.74 Å². The molecule has 0 radical (unpaired) electrons. The van der Waals surface area contributed by atoms with Crippen LogP contribution in [-0.4, -0.2) is 24.5 Å². The van der Waals surface area contributed by atoms with Crippen molar-refractivity contribution in [1.29, 1.82) is 0 Å². The second-order valence-electron chi connectivity index (χ2n) is 2.38. The lowest BCUT2D eigenvalue weighted by Gasteiger charge is -2.00. The predicted molar refractivity (Wildman–Crippen MR) is 47.1 cm³/mol. The van der Waals surface area contributed by atoms with Gasteiger partial charge in [-0.1, -0.05) is 0 Å². The highest BCUT2D eigenvalue weighted by molar-refractivity contribution is 5.40. The van der Waals surface area contributed by atoms with Crippen LogP contribution >= 0.6 is 0 Å². The molecule has 13 heavy (non-hydrogen) atoms. The average Bonchev–Trinajstić information content (AvgIpc) is 2.15. The molecule has 0 unspecified atom stereocenters. The zero-order chi connectivity index (χ0) is 9.68. The van der Waals surface area contributed by atoms with Gasteiger partial charge in [0.15, 0.2) is 0 Å². The summed E-state index contributed by atoms with van der Waals surface area (Å²) in [7, 11) is 2.98. The SMILES string of the molecule is COc1ccc(/N=N\N(C)O)cc1. The van der Waals surface area contributed by atoms with Crippen molar-refractivity contribution in [2.75, 3.05) is 14.2 Å². The maximum Gasteiger partial charge on any atom is 0.119 e. The zero-order valence-electron chi connectivity index (χ0n) is 7.51. The van der Waals surface area contributed by atoms with E-state index in [2.05, 4.69) is 10.3 Å². The lowest BCUT2D eigenvalue weighted by atomic mass is 10.3. The molecule has 0 heterocycles. The molecule has 5 heteroatoms. The highest BCUT2D eigenvalue weighted by Crippen LogP contribution is 2.17. The predicted octanol–water partition coefficient (Wildman–Crippen LogP) is 2.01. The number of benzene rings is 1. The summed E-state index contributed by atoms with van der Waals surface area (Å²) in [5, 5.41) is 16.5. The van der Waals surface area contributed by atoms with Gasteiger partial charge in [0.05, 0.1) is 19.8 Å². The van der Waals surface area contributed by atoms with Gasteiger partial charge in [0.25, 0.3) is 0 Å². The van der Waals surface area contributed by atoms with Gasteiger partial charge in [0, 0.05) is 0 Å². The number of methoxy groups -OCH3 is 1. The number of hydrogen-bond acceptors (Lipinski definition) is 4. The third-order valence-corrected chi connectivity index (χ3v) is 1.36. The average molecular weight is 181 g/mol. The van der Waals surface area contributed by atoms with E-state index in [-0.39, 0.29) is 0 Å². The summed E-state index contributed by atoms with van der Waals surface area (Å²) in [6, 6.07) is 7.02. The van der Waals surface area contributed by atoms with Crippen LogP contribution in [0.25, 0.3) is 0 Å².